The van der Waals surface area contributed by atoms with E-state index in [-0.39, 0.29) is 30.2 Å². The molecular weight excluding hydrogens is 306 g/mol. The summed E-state index contributed by atoms with van der Waals surface area (Å²) in [5, 5.41) is 0.565. The topological polar surface area (TPSA) is 75.3 Å². The molecule has 0 fully saturated rings. The number of aromatic nitrogens is 2. The predicted molar refractivity (Wildman–Crippen MR) is 93.8 cm³/mol. The molecule has 0 aliphatic carbocycles. The van der Waals surface area contributed by atoms with Crippen molar-refractivity contribution in [3.05, 3.63) is 40.4 Å². The highest BCUT2D eigenvalue weighted by atomic mass is 16.5. The molecule has 1 aromatic carbocycles. The van der Waals surface area contributed by atoms with Gasteiger partial charge in [-0.1, -0.05) is 19.1 Å². The van der Waals surface area contributed by atoms with Crippen molar-refractivity contribution in [1.82, 2.24) is 14.9 Å². The van der Waals surface area contributed by atoms with Crippen molar-refractivity contribution in [3.8, 4) is 0 Å². The molecule has 1 N–H and O–H groups in total. The van der Waals surface area contributed by atoms with Crippen LogP contribution >= 0.6 is 0 Å². The van der Waals surface area contributed by atoms with Gasteiger partial charge in [0.05, 0.1) is 30.1 Å². The van der Waals surface area contributed by atoms with Crippen molar-refractivity contribution >= 4 is 16.9 Å². The molecule has 1 aromatic heterocycles. The molecule has 0 aliphatic heterocycles. The Bertz CT molecular complexity index is 755. The molecule has 24 heavy (non-hydrogen) atoms. The molecule has 0 amide bonds. The third-order valence-electron chi connectivity index (χ3n) is 3.93. The van der Waals surface area contributed by atoms with Gasteiger partial charge in [-0.05, 0) is 39.3 Å². The van der Waals surface area contributed by atoms with Crippen LogP contribution in [0.15, 0.2) is 29.1 Å². The van der Waals surface area contributed by atoms with E-state index in [0.29, 0.717) is 23.3 Å². The Morgan fingerprint density at radius 2 is 2.00 bits per heavy atom. The number of nitrogens with one attached hydrogen (secondary N) is 1. The molecule has 6 heteroatoms. The van der Waals surface area contributed by atoms with E-state index in [9.17, 15) is 9.59 Å². The van der Waals surface area contributed by atoms with E-state index in [0.717, 1.165) is 6.42 Å². The Hall–Kier alpha value is -2.21. The van der Waals surface area contributed by atoms with Crippen molar-refractivity contribution in [2.75, 3.05) is 6.54 Å². The smallest absolute Gasteiger partial charge is 0.320 e. The minimum Gasteiger partial charge on any atom is -0.462 e. The van der Waals surface area contributed by atoms with Gasteiger partial charge >= 0.3 is 5.97 Å². The summed E-state index contributed by atoms with van der Waals surface area (Å²) in [6, 6.07) is 7.39. The van der Waals surface area contributed by atoms with Crippen LogP contribution in [0.2, 0.25) is 0 Å². The van der Waals surface area contributed by atoms with Crippen LogP contribution in [-0.2, 0) is 16.1 Å². The molecule has 0 saturated carbocycles. The molecule has 1 heterocycles. The van der Waals surface area contributed by atoms with Crippen LogP contribution < -0.4 is 5.56 Å². The van der Waals surface area contributed by atoms with Crippen LogP contribution in [-0.4, -0.2) is 39.5 Å². The number of ether oxygens (including phenoxy) is 1. The molecule has 0 aliphatic rings. The lowest BCUT2D eigenvalue weighted by molar-refractivity contribution is -0.149. The number of rotatable bonds is 7. The van der Waals surface area contributed by atoms with Gasteiger partial charge in [0.2, 0.25) is 0 Å². The Morgan fingerprint density at radius 3 is 2.67 bits per heavy atom. The highest BCUT2D eigenvalue weighted by Gasteiger charge is 2.19. The van der Waals surface area contributed by atoms with E-state index in [2.05, 4.69) is 16.9 Å². The first-order valence-electron chi connectivity index (χ1n) is 8.32. The SMILES string of the molecule is CCC(C)N(CC(=O)OC(C)C)Cc1nc2ccccc2c(=O)[nH]1. The summed E-state index contributed by atoms with van der Waals surface area (Å²) in [6.07, 6.45) is 0.738. The third-order valence-corrected chi connectivity index (χ3v) is 3.93. The van der Waals surface area contributed by atoms with E-state index >= 15 is 0 Å². The summed E-state index contributed by atoms with van der Waals surface area (Å²) >= 11 is 0. The van der Waals surface area contributed by atoms with Crippen LogP contribution in [0.3, 0.4) is 0 Å². The molecule has 0 radical (unpaired) electrons. The van der Waals surface area contributed by atoms with Crippen molar-refractivity contribution in [3.63, 3.8) is 0 Å². The van der Waals surface area contributed by atoms with Crippen molar-refractivity contribution in [2.45, 2.75) is 52.8 Å². The lowest BCUT2D eigenvalue weighted by Gasteiger charge is -2.27. The van der Waals surface area contributed by atoms with Crippen molar-refractivity contribution in [2.24, 2.45) is 0 Å². The Labute approximate surface area is 141 Å². The van der Waals surface area contributed by atoms with E-state index in [1.807, 2.05) is 43.9 Å². The number of benzene rings is 1. The summed E-state index contributed by atoms with van der Waals surface area (Å²) in [5.41, 5.74) is 0.495. The fourth-order valence-electron chi connectivity index (χ4n) is 2.49. The van der Waals surface area contributed by atoms with Gasteiger partial charge in [0, 0.05) is 6.04 Å². The van der Waals surface area contributed by atoms with Crippen molar-refractivity contribution in [1.29, 1.82) is 0 Å². The molecule has 2 aromatic rings. The molecule has 1 atom stereocenters. The lowest BCUT2D eigenvalue weighted by atomic mass is 10.2. The highest BCUT2D eigenvalue weighted by Crippen LogP contribution is 2.11. The number of esters is 1. The zero-order valence-electron chi connectivity index (χ0n) is 14.7. The zero-order chi connectivity index (χ0) is 17.7. The van der Waals surface area contributed by atoms with E-state index < -0.39 is 0 Å². The number of hydrogen-bond donors (Lipinski definition) is 1. The minimum atomic E-state index is -0.270. The summed E-state index contributed by atoms with van der Waals surface area (Å²) in [6.45, 7) is 8.32. The Balaban J connectivity index is 2.22. The summed E-state index contributed by atoms with van der Waals surface area (Å²) in [4.78, 5) is 33.5. The molecule has 0 saturated heterocycles. The molecule has 2 rings (SSSR count). The lowest BCUT2D eigenvalue weighted by Crippen LogP contribution is -2.38. The number of hydrogen-bond acceptors (Lipinski definition) is 5. The second-order valence-electron chi connectivity index (χ2n) is 6.23. The van der Waals surface area contributed by atoms with Gasteiger partial charge in [-0.3, -0.25) is 14.5 Å². The molecule has 6 nitrogen and oxygen atoms in total. The van der Waals surface area contributed by atoms with Crippen LogP contribution in [0.5, 0.6) is 0 Å². The highest BCUT2D eigenvalue weighted by molar-refractivity contribution is 5.77. The minimum absolute atomic E-state index is 0.144. The maximum absolute atomic E-state index is 12.2. The van der Waals surface area contributed by atoms with Crippen LogP contribution in [0.25, 0.3) is 10.9 Å². The van der Waals surface area contributed by atoms with Crippen LogP contribution in [0, 0.1) is 0 Å². The predicted octanol–water partition coefficient (Wildman–Crippen LogP) is 2.48. The van der Waals surface area contributed by atoms with E-state index in [4.69, 9.17) is 4.74 Å². The maximum Gasteiger partial charge on any atom is 0.320 e. The van der Waals surface area contributed by atoms with Gasteiger partial charge in [-0.2, -0.15) is 0 Å². The largest absolute Gasteiger partial charge is 0.462 e. The van der Waals surface area contributed by atoms with Gasteiger partial charge in [0.25, 0.3) is 5.56 Å². The number of fused-ring (bicyclic) bond motifs is 1. The fraction of sp³-hybridized carbons (Fsp3) is 0.500. The zero-order valence-corrected chi connectivity index (χ0v) is 14.7. The van der Waals surface area contributed by atoms with Crippen molar-refractivity contribution < 1.29 is 9.53 Å². The molecular formula is C18H25N3O3. The normalized spacial score (nSPS) is 12.8. The Kier molecular flexibility index (Phi) is 6.09. The maximum atomic E-state index is 12.2. The second-order valence-corrected chi connectivity index (χ2v) is 6.23. The van der Waals surface area contributed by atoms with E-state index in [1.165, 1.54) is 0 Å². The molecule has 0 bridgehead atoms. The van der Waals surface area contributed by atoms with Crippen LogP contribution in [0.4, 0.5) is 0 Å². The standard InChI is InChI=1S/C18H25N3O3/c1-5-13(4)21(11-17(22)24-12(2)3)10-16-19-15-9-7-6-8-14(15)18(23)20-16/h6-9,12-13H,5,10-11H2,1-4H3,(H,19,20,23). The van der Waals surface area contributed by atoms with Gasteiger partial charge in [-0.25, -0.2) is 4.98 Å². The summed E-state index contributed by atoms with van der Waals surface area (Å²) in [5.74, 6) is 0.282. The molecule has 1 unspecified atom stereocenters. The monoisotopic (exact) mass is 331 g/mol. The number of aromatic amines is 1. The number of H-pyrrole nitrogens is 1. The molecule has 130 valence electrons. The third kappa shape index (κ3) is 4.64. The fourth-order valence-corrected chi connectivity index (χ4v) is 2.49. The average Bonchev–Trinajstić information content (AvgIpc) is 2.52. The Morgan fingerprint density at radius 1 is 1.29 bits per heavy atom. The van der Waals surface area contributed by atoms with Crippen LogP contribution in [0.1, 0.15) is 39.9 Å². The van der Waals surface area contributed by atoms with Gasteiger partial charge < -0.3 is 9.72 Å². The molecule has 0 spiro atoms. The second kappa shape index (κ2) is 8.06. The average molecular weight is 331 g/mol. The first-order valence-corrected chi connectivity index (χ1v) is 8.32. The first kappa shape index (κ1) is 18.1. The van der Waals surface area contributed by atoms with Gasteiger partial charge in [-0.15, -0.1) is 0 Å². The first-order chi connectivity index (χ1) is 11.4. The summed E-state index contributed by atoms with van der Waals surface area (Å²) < 4.78 is 5.23. The number of carbonyl (C=O) groups excluding carboxylic acids is 1. The number of nitrogens with zero attached hydrogens (tertiary/aromatic N) is 2. The van der Waals surface area contributed by atoms with Gasteiger partial charge in [0.1, 0.15) is 5.82 Å². The number of carbonyl (C=O) groups is 1. The summed E-state index contributed by atoms with van der Waals surface area (Å²) in [7, 11) is 0. The van der Waals surface area contributed by atoms with Gasteiger partial charge in [0.15, 0.2) is 0 Å². The number of para-hydroxylation sites is 1. The van der Waals surface area contributed by atoms with E-state index in [1.54, 1.807) is 6.07 Å². The quantitative estimate of drug-likeness (QED) is 0.789.